The van der Waals surface area contributed by atoms with Crippen LogP contribution in [0.3, 0.4) is 0 Å². The first-order valence-corrected chi connectivity index (χ1v) is 10.2. The number of nitrogens with one attached hydrogen (secondary N) is 1. The van der Waals surface area contributed by atoms with E-state index in [9.17, 15) is 0 Å². The summed E-state index contributed by atoms with van der Waals surface area (Å²) in [5.74, 6) is 0. The average molecular weight is 292 g/mol. The zero-order valence-corrected chi connectivity index (χ0v) is 13.9. The van der Waals surface area contributed by atoms with E-state index in [0.717, 1.165) is 19.0 Å². The molecule has 0 aromatic carbocycles. The van der Waals surface area contributed by atoms with Crippen LogP contribution in [0.25, 0.3) is 0 Å². The van der Waals surface area contributed by atoms with Gasteiger partial charge in [0.1, 0.15) is 6.73 Å². The Bertz CT molecular complexity index is 277. The monoisotopic (exact) mass is 291 g/mol. The topological polar surface area (TPSA) is 36.9 Å². The molecule has 0 heterocycles. The van der Waals surface area contributed by atoms with Crippen molar-refractivity contribution in [3.8, 4) is 0 Å². The highest BCUT2D eigenvalue weighted by Crippen LogP contribution is 2.08. The predicted molar refractivity (Wildman–Crippen MR) is 82.8 cm³/mol. The molecule has 0 fully saturated rings. The van der Waals surface area contributed by atoms with Crippen LogP contribution in [0.1, 0.15) is 6.92 Å². The summed E-state index contributed by atoms with van der Waals surface area (Å²) >= 11 is 5.27. The van der Waals surface area contributed by atoms with E-state index in [1.165, 1.54) is 6.04 Å². The maximum absolute atomic E-state index is 5.73. The molecule has 0 rings (SSSR count). The zero-order valence-electron chi connectivity index (χ0n) is 12.2. The standard InChI is InChI=1S/C12H26ClN3OSi/c1-12(6-7-15-13)16(10-14-2)11-17-8-9-18(3,4)5/h6-7,14H,8-11H2,1-5H3/b12-6+,15-7-. The van der Waals surface area contributed by atoms with Gasteiger partial charge in [0.05, 0.1) is 6.67 Å². The van der Waals surface area contributed by atoms with E-state index in [0.29, 0.717) is 6.73 Å². The molecule has 0 saturated carbocycles. The highest BCUT2D eigenvalue weighted by Gasteiger charge is 2.12. The third-order valence-electron chi connectivity index (χ3n) is 2.46. The van der Waals surface area contributed by atoms with E-state index in [2.05, 4.69) is 34.4 Å². The molecule has 106 valence electrons. The lowest BCUT2D eigenvalue weighted by Gasteiger charge is -2.25. The molecule has 1 N–H and O–H groups in total. The fourth-order valence-corrected chi connectivity index (χ4v) is 2.07. The molecule has 0 spiro atoms. The van der Waals surface area contributed by atoms with E-state index >= 15 is 0 Å². The second-order valence-corrected chi connectivity index (χ2v) is 11.3. The summed E-state index contributed by atoms with van der Waals surface area (Å²) in [6, 6.07) is 1.19. The fourth-order valence-electron chi connectivity index (χ4n) is 1.26. The zero-order chi connectivity index (χ0) is 14.0. The van der Waals surface area contributed by atoms with Crippen LogP contribution in [-0.2, 0) is 4.74 Å². The molecular weight excluding hydrogens is 266 g/mol. The fraction of sp³-hybridized carbons (Fsp3) is 0.750. The maximum atomic E-state index is 5.73. The van der Waals surface area contributed by atoms with Crippen molar-refractivity contribution in [3.05, 3.63) is 11.8 Å². The molecule has 18 heavy (non-hydrogen) atoms. The van der Waals surface area contributed by atoms with Crippen LogP contribution in [0.4, 0.5) is 0 Å². The largest absolute Gasteiger partial charge is 0.361 e. The van der Waals surface area contributed by atoms with Crippen LogP contribution in [0.2, 0.25) is 25.7 Å². The molecule has 0 bridgehead atoms. The number of hydrogen-bond acceptors (Lipinski definition) is 4. The first kappa shape index (κ1) is 17.6. The molecule has 0 aromatic rings. The van der Waals surface area contributed by atoms with Gasteiger partial charge in [-0.2, -0.15) is 4.51 Å². The lowest BCUT2D eigenvalue weighted by Crippen LogP contribution is -2.33. The van der Waals surface area contributed by atoms with Crippen LogP contribution in [-0.4, -0.2) is 46.2 Å². The summed E-state index contributed by atoms with van der Waals surface area (Å²) in [4.78, 5) is 2.10. The molecule has 0 aliphatic carbocycles. The van der Waals surface area contributed by atoms with Gasteiger partial charge in [0.2, 0.25) is 0 Å². The minimum atomic E-state index is -1.01. The molecule has 0 aliphatic heterocycles. The maximum Gasteiger partial charge on any atom is 0.119 e. The minimum Gasteiger partial charge on any atom is -0.361 e. The SMILES string of the molecule is CNCN(COCC[Si](C)(C)C)/C(C)=C/C=N\Cl. The molecule has 0 radical (unpaired) electrons. The predicted octanol–water partition coefficient (Wildman–Crippen LogP) is 2.91. The second kappa shape index (κ2) is 9.55. The Balaban J connectivity index is 4.12. The van der Waals surface area contributed by atoms with Crippen LogP contribution in [0.5, 0.6) is 0 Å². The van der Waals surface area contributed by atoms with E-state index in [1.807, 2.05) is 20.0 Å². The number of rotatable bonds is 9. The van der Waals surface area contributed by atoms with Crippen LogP contribution in [0.15, 0.2) is 16.3 Å². The molecular formula is C12H26ClN3OSi. The molecule has 6 heteroatoms. The Morgan fingerprint density at radius 2 is 2.11 bits per heavy atom. The average Bonchev–Trinajstić information content (AvgIpc) is 2.28. The van der Waals surface area contributed by atoms with Crippen molar-refractivity contribution in [2.75, 3.05) is 27.1 Å². The van der Waals surface area contributed by atoms with Gasteiger partial charge < -0.3 is 15.0 Å². The highest BCUT2D eigenvalue weighted by molar-refractivity contribution is 6.76. The smallest absolute Gasteiger partial charge is 0.119 e. The highest BCUT2D eigenvalue weighted by atomic mass is 35.5. The van der Waals surface area contributed by atoms with Crippen molar-refractivity contribution in [3.63, 3.8) is 0 Å². The van der Waals surface area contributed by atoms with E-state index in [4.69, 9.17) is 16.5 Å². The van der Waals surface area contributed by atoms with Gasteiger partial charge in [-0.1, -0.05) is 19.6 Å². The summed E-state index contributed by atoms with van der Waals surface area (Å²) in [6.45, 7) is 11.2. The first-order chi connectivity index (χ1) is 8.40. The van der Waals surface area contributed by atoms with E-state index in [1.54, 1.807) is 6.21 Å². The van der Waals surface area contributed by atoms with E-state index in [-0.39, 0.29) is 0 Å². The Morgan fingerprint density at radius 3 is 2.61 bits per heavy atom. The van der Waals surface area contributed by atoms with Gasteiger partial charge in [0.15, 0.2) is 0 Å². The molecule has 4 nitrogen and oxygen atoms in total. The van der Waals surface area contributed by atoms with Crippen LogP contribution in [0, 0.1) is 0 Å². The summed E-state index contributed by atoms with van der Waals surface area (Å²) in [6.07, 6.45) is 3.44. The molecule has 0 aliphatic rings. The van der Waals surface area contributed by atoms with Crippen molar-refractivity contribution >= 4 is 26.1 Å². The summed E-state index contributed by atoms with van der Waals surface area (Å²) < 4.78 is 9.16. The minimum absolute atomic E-state index is 0.587. The summed E-state index contributed by atoms with van der Waals surface area (Å²) in [5, 5.41) is 3.12. The lowest BCUT2D eigenvalue weighted by molar-refractivity contribution is 0.0520. The summed E-state index contributed by atoms with van der Waals surface area (Å²) in [5.41, 5.74) is 1.07. The van der Waals surface area contributed by atoms with Gasteiger partial charge in [-0.25, -0.2) is 0 Å². The number of nitrogens with zero attached hydrogens (tertiary/aromatic N) is 2. The van der Waals surface area contributed by atoms with Gasteiger partial charge in [-0.05, 0) is 26.1 Å². The van der Waals surface area contributed by atoms with Crippen molar-refractivity contribution < 1.29 is 4.74 Å². The quantitative estimate of drug-likeness (QED) is 0.307. The van der Waals surface area contributed by atoms with Crippen molar-refractivity contribution in [2.45, 2.75) is 32.6 Å². The Morgan fingerprint density at radius 1 is 1.44 bits per heavy atom. The van der Waals surface area contributed by atoms with Gasteiger partial charge in [0, 0.05) is 38.4 Å². The molecule has 0 atom stereocenters. The molecule has 0 aromatic heterocycles. The third kappa shape index (κ3) is 9.64. The van der Waals surface area contributed by atoms with Crippen molar-refractivity contribution in [2.24, 2.45) is 4.51 Å². The third-order valence-corrected chi connectivity index (χ3v) is 4.28. The normalized spacial score (nSPS) is 13.3. The first-order valence-electron chi connectivity index (χ1n) is 6.19. The Kier molecular flexibility index (Phi) is 9.36. The van der Waals surface area contributed by atoms with Gasteiger partial charge >= 0.3 is 0 Å². The number of ether oxygens (including phenoxy) is 1. The second-order valence-electron chi connectivity index (χ2n) is 5.45. The number of halogens is 1. The van der Waals surface area contributed by atoms with Crippen molar-refractivity contribution in [1.82, 2.24) is 10.2 Å². The Hall–Kier alpha value is -0.363. The molecule has 0 unspecified atom stereocenters. The lowest BCUT2D eigenvalue weighted by atomic mass is 10.4. The molecule has 0 amide bonds. The van der Waals surface area contributed by atoms with Crippen LogP contribution >= 0.6 is 11.8 Å². The van der Waals surface area contributed by atoms with Crippen molar-refractivity contribution in [1.29, 1.82) is 0 Å². The van der Waals surface area contributed by atoms with Crippen LogP contribution < -0.4 is 5.32 Å². The van der Waals surface area contributed by atoms with E-state index < -0.39 is 8.07 Å². The number of hydrogen-bond donors (Lipinski definition) is 1. The Labute approximate surface area is 117 Å². The summed E-state index contributed by atoms with van der Waals surface area (Å²) in [7, 11) is 0.906. The van der Waals surface area contributed by atoms with Gasteiger partial charge in [0.25, 0.3) is 0 Å². The van der Waals surface area contributed by atoms with Gasteiger partial charge in [-0.15, -0.1) is 0 Å². The number of allylic oxidation sites excluding steroid dienone is 2. The molecule has 0 saturated heterocycles. The van der Waals surface area contributed by atoms with Gasteiger partial charge in [-0.3, -0.25) is 0 Å².